The molecule has 1 N–H and O–H groups in total. The molecule has 1 aliphatic rings. The van der Waals surface area contributed by atoms with E-state index < -0.39 is 0 Å². The van der Waals surface area contributed by atoms with Crippen molar-refractivity contribution in [1.29, 1.82) is 0 Å². The number of nitrogens with zero attached hydrogens (tertiary/aromatic N) is 4. The summed E-state index contributed by atoms with van der Waals surface area (Å²) in [5.74, 6) is 1.97. The number of rotatable bonds is 11. The summed E-state index contributed by atoms with van der Waals surface area (Å²) in [6, 6.07) is 10.6. The Bertz CT molecular complexity index is 776. The molecule has 1 aliphatic heterocycles. The van der Waals surface area contributed by atoms with E-state index in [0.29, 0.717) is 12.6 Å². The molecule has 2 aromatic rings. The molecule has 1 fully saturated rings. The van der Waals surface area contributed by atoms with E-state index in [9.17, 15) is 0 Å². The maximum Gasteiger partial charge on any atom is 0.194 e. The highest BCUT2D eigenvalue weighted by atomic mass is 127. The van der Waals surface area contributed by atoms with E-state index >= 15 is 0 Å². The smallest absolute Gasteiger partial charge is 0.194 e. The molecule has 0 amide bonds. The van der Waals surface area contributed by atoms with Crippen molar-refractivity contribution in [2.75, 3.05) is 40.0 Å². The van der Waals surface area contributed by atoms with Crippen LogP contribution in [0.4, 0.5) is 0 Å². The fourth-order valence-corrected chi connectivity index (χ4v) is 3.85. The summed E-state index contributed by atoms with van der Waals surface area (Å²) < 4.78 is 13.3. The Hall–Kier alpha value is -1.65. The second kappa shape index (κ2) is 15.2. The zero-order valence-electron chi connectivity index (χ0n) is 19.4. The van der Waals surface area contributed by atoms with Gasteiger partial charge in [0.25, 0.3) is 0 Å². The van der Waals surface area contributed by atoms with Crippen molar-refractivity contribution in [2.45, 2.75) is 51.8 Å². The number of piperidine rings is 1. The molecule has 2 heterocycles. The van der Waals surface area contributed by atoms with E-state index in [0.717, 1.165) is 76.9 Å². The van der Waals surface area contributed by atoms with Crippen LogP contribution in [0.25, 0.3) is 0 Å². The molecular formula is C24H38IN5O2. The predicted molar refractivity (Wildman–Crippen MR) is 140 cm³/mol. The largest absolute Gasteiger partial charge is 0.385 e. The van der Waals surface area contributed by atoms with Gasteiger partial charge in [0.15, 0.2) is 5.96 Å². The van der Waals surface area contributed by atoms with Gasteiger partial charge in [-0.15, -0.1) is 24.0 Å². The molecule has 3 rings (SSSR count). The highest BCUT2D eigenvalue weighted by molar-refractivity contribution is 14.0. The van der Waals surface area contributed by atoms with E-state index in [-0.39, 0.29) is 24.0 Å². The molecule has 7 nitrogen and oxygen atoms in total. The zero-order valence-corrected chi connectivity index (χ0v) is 21.7. The van der Waals surface area contributed by atoms with E-state index in [2.05, 4.69) is 57.0 Å². The molecule has 1 saturated heterocycles. The molecule has 1 aromatic heterocycles. The first-order chi connectivity index (χ1) is 15.3. The Morgan fingerprint density at radius 1 is 1.19 bits per heavy atom. The monoisotopic (exact) mass is 555 g/mol. The van der Waals surface area contributed by atoms with Gasteiger partial charge < -0.3 is 24.3 Å². The minimum Gasteiger partial charge on any atom is -0.385 e. The van der Waals surface area contributed by atoms with Crippen LogP contribution in [-0.4, -0.2) is 66.5 Å². The van der Waals surface area contributed by atoms with Crippen LogP contribution >= 0.6 is 24.0 Å². The summed E-state index contributed by atoms with van der Waals surface area (Å²) in [7, 11) is 1.73. The van der Waals surface area contributed by atoms with Crippen LogP contribution in [0.3, 0.4) is 0 Å². The molecule has 8 heteroatoms. The van der Waals surface area contributed by atoms with Gasteiger partial charge in [0.2, 0.25) is 0 Å². The van der Waals surface area contributed by atoms with Crippen LogP contribution in [-0.2, 0) is 29.0 Å². The minimum atomic E-state index is 0. The maximum atomic E-state index is 5.99. The molecule has 0 atom stereocenters. The maximum absolute atomic E-state index is 5.99. The average Bonchev–Trinajstić information content (AvgIpc) is 3.27. The summed E-state index contributed by atoms with van der Waals surface area (Å²) in [6.07, 6.45) is 8.27. The topological polar surface area (TPSA) is 63.9 Å². The van der Waals surface area contributed by atoms with Crippen molar-refractivity contribution in [3.63, 3.8) is 0 Å². The first-order valence-corrected chi connectivity index (χ1v) is 11.5. The summed E-state index contributed by atoms with van der Waals surface area (Å²) in [5.41, 5.74) is 1.34. The van der Waals surface area contributed by atoms with Crippen LogP contribution in [0, 0.1) is 0 Å². The van der Waals surface area contributed by atoms with Gasteiger partial charge in [0, 0.05) is 58.9 Å². The van der Waals surface area contributed by atoms with E-state index in [1.54, 1.807) is 7.11 Å². The van der Waals surface area contributed by atoms with Crippen molar-refractivity contribution >= 4 is 29.9 Å². The van der Waals surface area contributed by atoms with Crippen molar-refractivity contribution in [1.82, 2.24) is 19.8 Å². The number of halogens is 1. The number of guanidine groups is 1. The van der Waals surface area contributed by atoms with Gasteiger partial charge in [-0.05, 0) is 38.2 Å². The lowest BCUT2D eigenvalue weighted by Crippen LogP contribution is -2.47. The fraction of sp³-hybridized carbons (Fsp3) is 0.583. The van der Waals surface area contributed by atoms with Gasteiger partial charge in [-0.2, -0.15) is 0 Å². The number of hydrogen-bond acceptors (Lipinski definition) is 4. The number of aliphatic imine (C=N–C) groups is 1. The third-order valence-corrected chi connectivity index (χ3v) is 5.58. The highest BCUT2D eigenvalue weighted by Crippen LogP contribution is 2.15. The first kappa shape index (κ1) is 26.6. The van der Waals surface area contributed by atoms with Crippen LogP contribution in [0.1, 0.15) is 37.6 Å². The third-order valence-electron chi connectivity index (χ3n) is 5.58. The zero-order chi connectivity index (χ0) is 21.7. The summed E-state index contributed by atoms with van der Waals surface area (Å²) in [5, 5.41) is 3.45. The molecule has 1 aromatic carbocycles. The normalized spacial score (nSPS) is 14.9. The first-order valence-electron chi connectivity index (χ1n) is 11.5. The van der Waals surface area contributed by atoms with Crippen molar-refractivity contribution in [2.24, 2.45) is 4.99 Å². The molecular weight excluding hydrogens is 517 g/mol. The molecule has 0 saturated carbocycles. The average molecular weight is 556 g/mol. The number of hydrogen-bond donors (Lipinski definition) is 1. The quantitative estimate of drug-likeness (QED) is 0.198. The van der Waals surface area contributed by atoms with Gasteiger partial charge in [-0.3, -0.25) is 0 Å². The molecule has 0 bridgehead atoms. The van der Waals surface area contributed by atoms with Crippen molar-refractivity contribution < 1.29 is 9.47 Å². The second-order valence-corrected chi connectivity index (χ2v) is 7.85. The number of methoxy groups -OCH3 is 1. The summed E-state index contributed by atoms with van der Waals surface area (Å²) in [4.78, 5) is 11.8. The number of imidazole rings is 1. The van der Waals surface area contributed by atoms with E-state index in [1.807, 2.05) is 12.4 Å². The molecule has 178 valence electrons. The standard InChI is InChI=1S/C24H37N5O2.HI/c1-3-25-24(29-15-11-22(12-16-29)31-19-7-18-30-2)27-20-23-26-13-17-28(23)14-10-21-8-5-4-6-9-21;/h4-6,8-9,13,17,22H,3,7,10-12,14-16,18-20H2,1-2H3,(H,25,27);1H. The van der Waals surface area contributed by atoms with Crippen LogP contribution in [0.15, 0.2) is 47.7 Å². The van der Waals surface area contributed by atoms with Crippen molar-refractivity contribution in [3.05, 3.63) is 54.1 Å². The van der Waals surface area contributed by atoms with Gasteiger partial charge in [0.05, 0.1) is 6.10 Å². The SMILES string of the molecule is CCNC(=NCc1nccn1CCc1ccccc1)N1CCC(OCCCOC)CC1.I. The second-order valence-electron chi connectivity index (χ2n) is 7.85. The van der Waals surface area contributed by atoms with Crippen LogP contribution in [0.5, 0.6) is 0 Å². The van der Waals surface area contributed by atoms with Gasteiger partial charge in [-0.25, -0.2) is 9.98 Å². The number of nitrogens with one attached hydrogen (secondary N) is 1. The number of aromatic nitrogens is 2. The van der Waals surface area contributed by atoms with Gasteiger partial charge in [0.1, 0.15) is 12.4 Å². The number of ether oxygens (including phenoxy) is 2. The number of likely N-dealkylation sites (tertiary alicyclic amines) is 1. The van der Waals surface area contributed by atoms with Crippen LogP contribution in [0.2, 0.25) is 0 Å². The molecule has 0 radical (unpaired) electrons. The fourth-order valence-electron chi connectivity index (χ4n) is 3.85. The number of aryl methyl sites for hydroxylation is 2. The predicted octanol–water partition coefficient (Wildman–Crippen LogP) is 3.73. The molecule has 0 spiro atoms. The Labute approximate surface area is 209 Å². The van der Waals surface area contributed by atoms with E-state index in [4.69, 9.17) is 14.5 Å². The Balaban J connectivity index is 0.00000363. The van der Waals surface area contributed by atoms with Gasteiger partial charge >= 0.3 is 0 Å². The van der Waals surface area contributed by atoms with Crippen LogP contribution < -0.4 is 5.32 Å². The number of benzene rings is 1. The molecule has 0 aliphatic carbocycles. The third kappa shape index (κ3) is 8.71. The summed E-state index contributed by atoms with van der Waals surface area (Å²) in [6.45, 7) is 7.92. The lowest BCUT2D eigenvalue weighted by Gasteiger charge is -2.34. The van der Waals surface area contributed by atoms with E-state index in [1.165, 1.54) is 5.56 Å². The Morgan fingerprint density at radius 3 is 2.69 bits per heavy atom. The molecule has 32 heavy (non-hydrogen) atoms. The Morgan fingerprint density at radius 2 is 1.97 bits per heavy atom. The minimum absolute atomic E-state index is 0. The van der Waals surface area contributed by atoms with Gasteiger partial charge in [-0.1, -0.05) is 30.3 Å². The summed E-state index contributed by atoms with van der Waals surface area (Å²) >= 11 is 0. The van der Waals surface area contributed by atoms with Crippen molar-refractivity contribution in [3.8, 4) is 0 Å². The Kier molecular flexibility index (Phi) is 12.7. The molecule has 0 unspecified atom stereocenters. The lowest BCUT2D eigenvalue weighted by atomic mass is 10.1. The highest BCUT2D eigenvalue weighted by Gasteiger charge is 2.22. The lowest BCUT2D eigenvalue weighted by molar-refractivity contribution is 0.00990.